The number of alkyl halides is 2. The lowest BCUT2D eigenvalue weighted by Crippen LogP contribution is -2.37. The van der Waals surface area contributed by atoms with E-state index in [-0.39, 0.29) is 19.0 Å². The van der Waals surface area contributed by atoms with Crippen molar-refractivity contribution in [3.05, 3.63) is 0 Å². The standard InChI is InChI=1S/C8H9F2NO3/c1-4(12)11-2-5-7(3-11,6(13)14)8(5,9)10/h5H,2-3H2,1H3,(H,13,14). The minimum absolute atomic E-state index is 0.144. The Morgan fingerprint density at radius 1 is 1.50 bits per heavy atom. The maximum atomic E-state index is 13.1. The van der Waals surface area contributed by atoms with E-state index in [0.717, 1.165) is 4.90 Å². The first-order valence-electron chi connectivity index (χ1n) is 4.21. The van der Waals surface area contributed by atoms with Crippen LogP contribution in [0.2, 0.25) is 0 Å². The van der Waals surface area contributed by atoms with Crippen molar-refractivity contribution in [1.29, 1.82) is 0 Å². The van der Waals surface area contributed by atoms with E-state index in [0.29, 0.717) is 0 Å². The minimum atomic E-state index is -3.15. The maximum absolute atomic E-state index is 13.1. The average molecular weight is 205 g/mol. The van der Waals surface area contributed by atoms with Crippen LogP contribution < -0.4 is 0 Å². The second-order valence-electron chi connectivity index (χ2n) is 3.85. The van der Waals surface area contributed by atoms with Gasteiger partial charge in [-0.2, -0.15) is 0 Å². The zero-order valence-corrected chi connectivity index (χ0v) is 7.46. The summed E-state index contributed by atoms with van der Waals surface area (Å²) in [5, 5.41) is 8.73. The Hall–Kier alpha value is -1.20. The molecule has 2 atom stereocenters. The van der Waals surface area contributed by atoms with Gasteiger partial charge in [-0.25, -0.2) is 8.78 Å². The smallest absolute Gasteiger partial charge is 0.318 e. The number of hydrogen-bond donors (Lipinski definition) is 1. The molecular weight excluding hydrogens is 196 g/mol. The lowest BCUT2D eigenvalue weighted by Gasteiger charge is -2.19. The van der Waals surface area contributed by atoms with Crippen LogP contribution in [0.1, 0.15) is 6.92 Å². The van der Waals surface area contributed by atoms with Crippen LogP contribution in [-0.4, -0.2) is 40.9 Å². The number of aliphatic carboxylic acids is 1. The SMILES string of the molecule is CC(=O)N1CC2C(F)(F)C2(C(=O)O)C1. The molecule has 2 unspecified atom stereocenters. The van der Waals surface area contributed by atoms with E-state index in [1.54, 1.807) is 0 Å². The number of nitrogens with zero attached hydrogens (tertiary/aromatic N) is 1. The number of likely N-dealkylation sites (tertiary alicyclic amines) is 1. The van der Waals surface area contributed by atoms with Gasteiger partial charge >= 0.3 is 5.97 Å². The molecule has 1 aliphatic heterocycles. The van der Waals surface area contributed by atoms with Crippen molar-refractivity contribution >= 4 is 11.9 Å². The molecule has 0 spiro atoms. The van der Waals surface area contributed by atoms with Crippen molar-refractivity contribution in [2.45, 2.75) is 12.8 Å². The molecule has 1 aliphatic carbocycles. The molecule has 78 valence electrons. The molecule has 1 heterocycles. The molecule has 1 saturated carbocycles. The number of carboxylic acid groups (broad SMARTS) is 1. The summed E-state index contributed by atoms with van der Waals surface area (Å²) in [6.45, 7) is 0.739. The molecular formula is C8H9F2NO3. The van der Waals surface area contributed by atoms with Gasteiger partial charge in [0.05, 0.1) is 5.92 Å². The third-order valence-corrected chi connectivity index (χ3v) is 3.21. The fourth-order valence-electron chi connectivity index (χ4n) is 2.20. The number of piperidine rings is 1. The summed E-state index contributed by atoms with van der Waals surface area (Å²) in [4.78, 5) is 22.8. The molecule has 6 heteroatoms. The van der Waals surface area contributed by atoms with E-state index in [4.69, 9.17) is 5.11 Å². The van der Waals surface area contributed by atoms with Crippen LogP contribution in [0.15, 0.2) is 0 Å². The number of hydrogen-bond acceptors (Lipinski definition) is 2. The Bertz CT molecular complexity index is 331. The van der Waals surface area contributed by atoms with Gasteiger partial charge in [0.15, 0.2) is 5.41 Å². The maximum Gasteiger partial charge on any atom is 0.318 e. The van der Waals surface area contributed by atoms with Crippen LogP contribution in [0.25, 0.3) is 0 Å². The summed E-state index contributed by atoms with van der Waals surface area (Å²) < 4.78 is 26.1. The van der Waals surface area contributed by atoms with Gasteiger partial charge in [0.2, 0.25) is 5.91 Å². The van der Waals surface area contributed by atoms with Gasteiger partial charge in [-0.05, 0) is 0 Å². The monoisotopic (exact) mass is 205 g/mol. The zero-order valence-electron chi connectivity index (χ0n) is 7.46. The number of fused-ring (bicyclic) bond motifs is 1. The molecule has 1 saturated heterocycles. The van der Waals surface area contributed by atoms with Crippen LogP contribution in [0.3, 0.4) is 0 Å². The van der Waals surface area contributed by atoms with E-state index in [1.165, 1.54) is 6.92 Å². The van der Waals surface area contributed by atoms with Crippen molar-refractivity contribution in [2.24, 2.45) is 11.3 Å². The molecule has 0 aromatic heterocycles. The first-order chi connectivity index (χ1) is 6.34. The van der Waals surface area contributed by atoms with Gasteiger partial charge < -0.3 is 10.0 Å². The molecule has 4 nitrogen and oxygen atoms in total. The van der Waals surface area contributed by atoms with Gasteiger partial charge in [0.25, 0.3) is 5.92 Å². The number of carboxylic acids is 1. The van der Waals surface area contributed by atoms with Gasteiger partial charge in [0.1, 0.15) is 0 Å². The Kier molecular flexibility index (Phi) is 1.50. The topological polar surface area (TPSA) is 57.6 Å². The van der Waals surface area contributed by atoms with Crippen LogP contribution in [0.5, 0.6) is 0 Å². The van der Waals surface area contributed by atoms with E-state index in [1.807, 2.05) is 0 Å². The Labute approximate surface area is 78.5 Å². The second kappa shape index (κ2) is 2.24. The molecule has 14 heavy (non-hydrogen) atoms. The van der Waals surface area contributed by atoms with E-state index < -0.39 is 23.2 Å². The third-order valence-electron chi connectivity index (χ3n) is 3.21. The van der Waals surface area contributed by atoms with Crippen molar-refractivity contribution in [3.63, 3.8) is 0 Å². The summed E-state index contributed by atoms with van der Waals surface area (Å²) >= 11 is 0. The summed E-state index contributed by atoms with van der Waals surface area (Å²) in [6, 6.07) is 0. The van der Waals surface area contributed by atoms with Crippen LogP contribution >= 0.6 is 0 Å². The van der Waals surface area contributed by atoms with Gasteiger partial charge in [-0.1, -0.05) is 0 Å². The lowest BCUT2D eigenvalue weighted by atomic mass is 10.1. The second-order valence-corrected chi connectivity index (χ2v) is 3.85. The highest BCUT2D eigenvalue weighted by atomic mass is 19.3. The highest BCUT2D eigenvalue weighted by molar-refractivity contribution is 5.85. The molecule has 2 rings (SSSR count). The number of amides is 1. The van der Waals surface area contributed by atoms with Crippen molar-refractivity contribution < 1.29 is 23.5 Å². The normalized spacial score (nSPS) is 37.9. The molecule has 1 amide bonds. The number of halogens is 2. The zero-order chi connectivity index (χ0) is 10.7. The predicted molar refractivity (Wildman–Crippen MR) is 40.8 cm³/mol. The van der Waals surface area contributed by atoms with Gasteiger partial charge in [-0.3, -0.25) is 9.59 Å². The molecule has 1 N–H and O–H groups in total. The van der Waals surface area contributed by atoms with Gasteiger partial charge in [0, 0.05) is 20.0 Å². The van der Waals surface area contributed by atoms with Crippen LogP contribution in [0.4, 0.5) is 8.78 Å². The molecule has 2 aliphatic rings. The van der Waals surface area contributed by atoms with Crippen LogP contribution in [-0.2, 0) is 9.59 Å². The van der Waals surface area contributed by atoms with Crippen LogP contribution in [0, 0.1) is 11.3 Å². The lowest BCUT2D eigenvalue weighted by molar-refractivity contribution is -0.148. The van der Waals surface area contributed by atoms with E-state index in [9.17, 15) is 18.4 Å². The first kappa shape index (κ1) is 9.36. The number of rotatable bonds is 1. The molecule has 0 bridgehead atoms. The Morgan fingerprint density at radius 3 is 2.43 bits per heavy atom. The van der Waals surface area contributed by atoms with Crippen molar-refractivity contribution in [3.8, 4) is 0 Å². The van der Waals surface area contributed by atoms with E-state index in [2.05, 4.69) is 0 Å². The molecule has 0 aromatic rings. The molecule has 2 fully saturated rings. The highest BCUT2D eigenvalue weighted by Gasteiger charge is 2.88. The highest BCUT2D eigenvalue weighted by Crippen LogP contribution is 2.69. The fraction of sp³-hybridized carbons (Fsp3) is 0.750. The first-order valence-corrected chi connectivity index (χ1v) is 4.21. The molecule has 0 aromatic carbocycles. The molecule has 0 radical (unpaired) electrons. The van der Waals surface area contributed by atoms with E-state index >= 15 is 0 Å². The number of carbonyl (C=O) groups is 2. The van der Waals surface area contributed by atoms with Gasteiger partial charge in [-0.15, -0.1) is 0 Å². The third kappa shape index (κ3) is 0.766. The summed E-state index contributed by atoms with van der Waals surface area (Å²) in [5.41, 5.74) is -2.00. The summed E-state index contributed by atoms with van der Waals surface area (Å²) in [5.74, 6) is -6.20. The number of carbonyl (C=O) groups excluding carboxylic acids is 1. The van der Waals surface area contributed by atoms with Crippen molar-refractivity contribution in [2.75, 3.05) is 13.1 Å². The fourth-order valence-corrected chi connectivity index (χ4v) is 2.20. The summed E-state index contributed by atoms with van der Waals surface area (Å²) in [7, 11) is 0. The largest absolute Gasteiger partial charge is 0.481 e. The summed E-state index contributed by atoms with van der Waals surface area (Å²) in [6.07, 6.45) is 0. The Morgan fingerprint density at radius 2 is 2.07 bits per heavy atom. The average Bonchev–Trinajstić information content (AvgIpc) is 2.46. The quantitative estimate of drug-likeness (QED) is 0.664. The predicted octanol–water partition coefficient (Wildman–Crippen LogP) is 0.185. The minimum Gasteiger partial charge on any atom is -0.481 e. The Balaban J connectivity index is 2.25. The van der Waals surface area contributed by atoms with Crippen molar-refractivity contribution in [1.82, 2.24) is 4.90 Å².